The third-order valence-electron chi connectivity index (χ3n) is 3.55. The van der Waals surface area contributed by atoms with Gasteiger partial charge < -0.3 is 9.26 Å². The summed E-state index contributed by atoms with van der Waals surface area (Å²) in [5.41, 5.74) is 0. The van der Waals surface area contributed by atoms with Gasteiger partial charge in [0.2, 0.25) is 5.89 Å². The number of nitrogens with zero attached hydrogens (tertiary/aromatic N) is 3. The van der Waals surface area contributed by atoms with Gasteiger partial charge in [-0.3, -0.25) is 4.90 Å². The van der Waals surface area contributed by atoms with Crippen LogP contribution >= 0.6 is 0 Å². The average molecular weight is 253 g/mol. The molecule has 1 fully saturated rings. The van der Waals surface area contributed by atoms with Crippen LogP contribution < -0.4 is 0 Å². The lowest BCUT2D eigenvalue weighted by molar-refractivity contribution is 0.113. The number of ether oxygens (including phenoxy) is 1. The Morgan fingerprint density at radius 2 is 2.33 bits per heavy atom. The zero-order valence-electron chi connectivity index (χ0n) is 11.4. The van der Waals surface area contributed by atoms with Gasteiger partial charge in [0.15, 0.2) is 5.82 Å². The summed E-state index contributed by atoms with van der Waals surface area (Å²) in [7, 11) is 1.76. The van der Waals surface area contributed by atoms with Crippen LogP contribution in [0, 0.1) is 6.92 Å². The van der Waals surface area contributed by atoms with Crippen molar-refractivity contribution in [3.8, 4) is 0 Å². The van der Waals surface area contributed by atoms with Gasteiger partial charge in [0.1, 0.15) is 0 Å². The minimum atomic E-state index is 0.646. The standard InChI is InChI=1S/C13H23N3O2/c1-11-14-13(15-18-11)10-16-8-4-3-6-12(16)7-5-9-17-2/h12H,3-10H2,1-2H3. The minimum Gasteiger partial charge on any atom is -0.385 e. The van der Waals surface area contributed by atoms with Crippen LogP contribution in [0.4, 0.5) is 0 Å². The summed E-state index contributed by atoms with van der Waals surface area (Å²) >= 11 is 0. The lowest BCUT2D eigenvalue weighted by Gasteiger charge is -2.34. The Hall–Kier alpha value is -0.940. The van der Waals surface area contributed by atoms with E-state index in [-0.39, 0.29) is 0 Å². The molecule has 5 heteroatoms. The Morgan fingerprint density at radius 1 is 1.44 bits per heavy atom. The number of methoxy groups -OCH3 is 1. The van der Waals surface area contributed by atoms with Gasteiger partial charge in [-0.1, -0.05) is 11.6 Å². The number of aromatic nitrogens is 2. The highest BCUT2D eigenvalue weighted by Crippen LogP contribution is 2.22. The predicted octanol–water partition coefficient (Wildman–Crippen LogP) is 2.16. The van der Waals surface area contributed by atoms with Crippen LogP contribution in [0.3, 0.4) is 0 Å². The van der Waals surface area contributed by atoms with E-state index in [0.29, 0.717) is 11.9 Å². The fourth-order valence-electron chi connectivity index (χ4n) is 2.65. The van der Waals surface area contributed by atoms with Crippen LogP contribution in [0.2, 0.25) is 0 Å². The first-order chi connectivity index (χ1) is 8.79. The van der Waals surface area contributed by atoms with Gasteiger partial charge in [0.25, 0.3) is 0 Å². The van der Waals surface area contributed by atoms with Gasteiger partial charge in [-0.05, 0) is 32.2 Å². The van der Waals surface area contributed by atoms with Crippen molar-refractivity contribution in [3.63, 3.8) is 0 Å². The minimum absolute atomic E-state index is 0.646. The molecule has 0 amide bonds. The summed E-state index contributed by atoms with van der Waals surface area (Å²) in [5.74, 6) is 1.46. The Kier molecular flexibility index (Phi) is 5.13. The molecule has 1 aromatic heterocycles. The Labute approximate surface area is 108 Å². The van der Waals surface area contributed by atoms with Gasteiger partial charge in [-0.25, -0.2) is 0 Å². The van der Waals surface area contributed by atoms with Crippen LogP contribution in [0.25, 0.3) is 0 Å². The predicted molar refractivity (Wildman–Crippen MR) is 68.2 cm³/mol. The van der Waals surface area contributed by atoms with E-state index in [0.717, 1.165) is 31.9 Å². The molecule has 1 unspecified atom stereocenters. The first-order valence-electron chi connectivity index (χ1n) is 6.82. The second-order valence-electron chi connectivity index (χ2n) is 4.98. The number of likely N-dealkylation sites (tertiary alicyclic amines) is 1. The Bertz CT molecular complexity index is 354. The molecule has 1 aliphatic heterocycles. The number of rotatable bonds is 6. The van der Waals surface area contributed by atoms with Crippen LogP contribution in [0.5, 0.6) is 0 Å². The van der Waals surface area contributed by atoms with Gasteiger partial charge in [-0.15, -0.1) is 0 Å². The molecule has 102 valence electrons. The third-order valence-corrected chi connectivity index (χ3v) is 3.55. The molecule has 1 aliphatic rings. The maximum Gasteiger partial charge on any atom is 0.223 e. The smallest absolute Gasteiger partial charge is 0.223 e. The highest BCUT2D eigenvalue weighted by molar-refractivity contribution is 4.87. The van der Waals surface area contributed by atoms with E-state index in [1.165, 1.54) is 25.7 Å². The van der Waals surface area contributed by atoms with Crippen molar-refractivity contribution in [2.75, 3.05) is 20.3 Å². The summed E-state index contributed by atoms with van der Waals surface area (Å²) in [4.78, 5) is 6.78. The topological polar surface area (TPSA) is 51.4 Å². The van der Waals surface area contributed by atoms with Crippen LogP contribution in [0.1, 0.15) is 43.8 Å². The molecule has 0 bridgehead atoms. The van der Waals surface area contributed by atoms with Gasteiger partial charge in [0.05, 0.1) is 6.54 Å². The lowest BCUT2D eigenvalue weighted by Crippen LogP contribution is -2.39. The van der Waals surface area contributed by atoms with Crippen LogP contribution in [-0.2, 0) is 11.3 Å². The quantitative estimate of drug-likeness (QED) is 0.727. The molecular weight excluding hydrogens is 230 g/mol. The average Bonchev–Trinajstić information content (AvgIpc) is 2.77. The van der Waals surface area contributed by atoms with Crippen molar-refractivity contribution in [1.82, 2.24) is 15.0 Å². The molecule has 1 aromatic rings. The van der Waals surface area contributed by atoms with Crippen LogP contribution in [-0.4, -0.2) is 41.3 Å². The lowest BCUT2D eigenvalue weighted by atomic mass is 9.98. The molecule has 2 rings (SSSR count). The van der Waals surface area contributed by atoms with Crippen LogP contribution in [0.15, 0.2) is 4.52 Å². The Balaban J connectivity index is 1.86. The van der Waals surface area contributed by atoms with Crippen molar-refractivity contribution in [2.45, 2.75) is 51.6 Å². The van der Waals surface area contributed by atoms with Crippen molar-refractivity contribution in [3.05, 3.63) is 11.7 Å². The highest BCUT2D eigenvalue weighted by atomic mass is 16.5. The zero-order chi connectivity index (χ0) is 12.8. The van der Waals surface area contributed by atoms with E-state index in [9.17, 15) is 0 Å². The van der Waals surface area contributed by atoms with Crippen molar-refractivity contribution < 1.29 is 9.26 Å². The molecule has 1 atom stereocenters. The number of piperidine rings is 1. The number of hydrogen-bond acceptors (Lipinski definition) is 5. The normalized spacial score (nSPS) is 21.3. The molecule has 0 saturated carbocycles. The van der Waals surface area contributed by atoms with E-state index < -0.39 is 0 Å². The first kappa shape index (κ1) is 13.5. The van der Waals surface area contributed by atoms with Gasteiger partial charge in [-0.2, -0.15) is 4.98 Å². The highest BCUT2D eigenvalue weighted by Gasteiger charge is 2.23. The summed E-state index contributed by atoms with van der Waals surface area (Å²) in [6, 6.07) is 0.646. The number of aryl methyl sites for hydroxylation is 1. The molecule has 0 aliphatic carbocycles. The molecule has 1 saturated heterocycles. The van der Waals surface area contributed by atoms with Gasteiger partial charge in [0, 0.05) is 26.7 Å². The molecule has 0 aromatic carbocycles. The van der Waals surface area contributed by atoms with Crippen molar-refractivity contribution in [1.29, 1.82) is 0 Å². The fraction of sp³-hybridized carbons (Fsp3) is 0.846. The molecular formula is C13H23N3O2. The first-order valence-corrected chi connectivity index (χ1v) is 6.82. The van der Waals surface area contributed by atoms with Gasteiger partial charge >= 0.3 is 0 Å². The van der Waals surface area contributed by atoms with Crippen molar-refractivity contribution >= 4 is 0 Å². The molecule has 18 heavy (non-hydrogen) atoms. The summed E-state index contributed by atoms with van der Waals surface area (Å²) in [5, 5.41) is 3.99. The maximum absolute atomic E-state index is 5.13. The fourth-order valence-corrected chi connectivity index (χ4v) is 2.65. The molecule has 2 heterocycles. The summed E-state index contributed by atoms with van der Waals surface area (Å²) in [6.45, 7) is 4.65. The van der Waals surface area contributed by atoms with E-state index in [2.05, 4.69) is 15.0 Å². The Morgan fingerprint density at radius 3 is 3.06 bits per heavy atom. The molecule has 0 radical (unpaired) electrons. The summed E-state index contributed by atoms with van der Waals surface area (Å²) in [6.07, 6.45) is 6.21. The largest absolute Gasteiger partial charge is 0.385 e. The monoisotopic (exact) mass is 253 g/mol. The molecule has 0 spiro atoms. The van der Waals surface area contributed by atoms with Crippen molar-refractivity contribution in [2.24, 2.45) is 0 Å². The third kappa shape index (κ3) is 3.78. The molecule has 5 nitrogen and oxygen atoms in total. The second kappa shape index (κ2) is 6.85. The summed E-state index contributed by atoms with van der Waals surface area (Å²) < 4.78 is 10.2. The molecule has 0 N–H and O–H groups in total. The van der Waals surface area contributed by atoms with E-state index >= 15 is 0 Å². The second-order valence-corrected chi connectivity index (χ2v) is 4.98. The maximum atomic E-state index is 5.13. The number of hydrogen-bond donors (Lipinski definition) is 0. The van der Waals surface area contributed by atoms with E-state index in [4.69, 9.17) is 9.26 Å². The SMILES string of the molecule is COCCCC1CCCCN1Cc1noc(C)n1. The zero-order valence-corrected chi connectivity index (χ0v) is 11.4. The van der Waals surface area contributed by atoms with E-state index in [1.54, 1.807) is 7.11 Å². The van der Waals surface area contributed by atoms with E-state index in [1.807, 2.05) is 6.92 Å².